The summed E-state index contributed by atoms with van der Waals surface area (Å²) in [5.41, 5.74) is 2.42. The highest BCUT2D eigenvalue weighted by molar-refractivity contribution is 5.27. The molecule has 5 heteroatoms. The van der Waals surface area contributed by atoms with E-state index in [2.05, 4.69) is 39.6 Å². The molecule has 2 fully saturated rings. The molecule has 0 bridgehead atoms. The Morgan fingerprint density at radius 2 is 1.92 bits per heavy atom. The minimum absolute atomic E-state index is 0.159. The molecule has 1 aromatic carbocycles. The summed E-state index contributed by atoms with van der Waals surface area (Å²) in [4.78, 5) is 8.83. The van der Waals surface area contributed by atoms with E-state index >= 15 is 0 Å². The number of benzene rings is 1. The van der Waals surface area contributed by atoms with Crippen LogP contribution < -0.4 is 10.1 Å². The molecular formula is C19H23N3O2. The highest BCUT2D eigenvalue weighted by atomic mass is 16.5. The number of ether oxygens (including phenoxy) is 2. The minimum Gasteiger partial charge on any atom is -0.490 e. The lowest BCUT2D eigenvalue weighted by Gasteiger charge is -2.24. The van der Waals surface area contributed by atoms with Gasteiger partial charge in [0.2, 0.25) is 0 Å². The molecule has 0 amide bonds. The van der Waals surface area contributed by atoms with Gasteiger partial charge < -0.3 is 14.8 Å². The summed E-state index contributed by atoms with van der Waals surface area (Å²) in [5, 5.41) is 3.36. The van der Waals surface area contributed by atoms with Crippen LogP contribution in [0.25, 0.3) is 0 Å². The van der Waals surface area contributed by atoms with Crippen molar-refractivity contribution < 1.29 is 9.47 Å². The number of hydrogen-bond acceptors (Lipinski definition) is 5. The molecule has 1 aliphatic heterocycles. The maximum absolute atomic E-state index is 5.78. The molecule has 126 valence electrons. The molecule has 1 N–H and O–H groups in total. The SMILES string of the molecule is c1cc([C@@H]2CNCCO2)ccc1Cc1ncc(OCC2CC2)cn1. The van der Waals surface area contributed by atoms with Crippen molar-refractivity contribution in [3.05, 3.63) is 53.6 Å². The quantitative estimate of drug-likeness (QED) is 0.884. The van der Waals surface area contributed by atoms with E-state index in [0.717, 1.165) is 50.2 Å². The maximum atomic E-state index is 5.78. The van der Waals surface area contributed by atoms with Crippen molar-refractivity contribution in [3.8, 4) is 5.75 Å². The van der Waals surface area contributed by atoms with Gasteiger partial charge in [0.25, 0.3) is 0 Å². The lowest BCUT2D eigenvalue weighted by atomic mass is 10.0. The Bertz CT molecular complexity index is 647. The topological polar surface area (TPSA) is 56.3 Å². The molecule has 4 rings (SSSR count). The summed E-state index contributed by atoms with van der Waals surface area (Å²) in [7, 11) is 0. The lowest BCUT2D eigenvalue weighted by molar-refractivity contribution is 0.0277. The maximum Gasteiger partial charge on any atom is 0.155 e. The smallest absolute Gasteiger partial charge is 0.155 e. The monoisotopic (exact) mass is 325 g/mol. The van der Waals surface area contributed by atoms with E-state index in [9.17, 15) is 0 Å². The summed E-state index contributed by atoms with van der Waals surface area (Å²) >= 11 is 0. The first-order valence-electron chi connectivity index (χ1n) is 8.72. The van der Waals surface area contributed by atoms with Gasteiger partial charge in [0.1, 0.15) is 5.82 Å². The number of nitrogens with zero attached hydrogens (tertiary/aromatic N) is 2. The van der Waals surface area contributed by atoms with Gasteiger partial charge in [-0.15, -0.1) is 0 Å². The zero-order valence-corrected chi connectivity index (χ0v) is 13.8. The van der Waals surface area contributed by atoms with E-state index in [4.69, 9.17) is 9.47 Å². The Kier molecular flexibility index (Phi) is 4.71. The van der Waals surface area contributed by atoms with Crippen LogP contribution in [0.3, 0.4) is 0 Å². The van der Waals surface area contributed by atoms with Crippen LogP contribution in [0.4, 0.5) is 0 Å². The molecule has 2 aromatic rings. The summed E-state index contributed by atoms with van der Waals surface area (Å²) < 4.78 is 11.5. The third-order valence-electron chi connectivity index (χ3n) is 4.51. The van der Waals surface area contributed by atoms with Crippen LogP contribution in [0.1, 0.15) is 35.9 Å². The molecule has 2 aliphatic rings. The van der Waals surface area contributed by atoms with Crippen molar-refractivity contribution >= 4 is 0 Å². The van der Waals surface area contributed by atoms with Gasteiger partial charge in [0.15, 0.2) is 5.75 Å². The predicted molar refractivity (Wildman–Crippen MR) is 91.1 cm³/mol. The van der Waals surface area contributed by atoms with Crippen molar-refractivity contribution in [2.75, 3.05) is 26.3 Å². The van der Waals surface area contributed by atoms with Crippen molar-refractivity contribution in [2.24, 2.45) is 5.92 Å². The molecule has 1 saturated heterocycles. The second kappa shape index (κ2) is 7.28. The molecule has 2 heterocycles. The third-order valence-corrected chi connectivity index (χ3v) is 4.51. The molecule has 1 aromatic heterocycles. The average Bonchev–Trinajstić information content (AvgIpc) is 3.47. The fourth-order valence-corrected chi connectivity index (χ4v) is 2.82. The van der Waals surface area contributed by atoms with Crippen molar-refractivity contribution in [1.82, 2.24) is 15.3 Å². The lowest BCUT2D eigenvalue weighted by Crippen LogP contribution is -2.33. The Morgan fingerprint density at radius 1 is 1.12 bits per heavy atom. The van der Waals surface area contributed by atoms with Crippen LogP contribution in [0.5, 0.6) is 5.75 Å². The van der Waals surface area contributed by atoms with E-state index in [1.165, 1.54) is 24.0 Å². The predicted octanol–water partition coefficient (Wildman–Crippen LogP) is 2.52. The molecule has 1 aliphatic carbocycles. The first kappa shape index (κ1) is 15.5. The molecule has 1 atom stereocenters. The zero-order valence-electron chi connectivity index (χ0n) is 13.8. The molecule has 0 unspecified atom stereocenters. The van der Waals surface area contributed by atoms with E-state index in [1.807, 2.05) is 0 Å². The van der Waals surface area contributed by atoms with Crippen molar-refractivity contribution in [3.63, 3.8) is 0 Å². The number of rotatable bonds is 6. The van der Waals surface area contributed by atoms with E-state index in [1.54, 1.807) is 12.4 Å². The van der Waals surface area contributed by atoms with Gasteiger partial charge in [-0.25, -0.2) is 9.97 Å². The Morgan fingerprint density at radius 3 is 2.58 bits per heavy atom. The number of hydrogen-bond donors (Lipinski definition) is 1. The second-order valence-electron chi connectivity index (χ2n) is 6.57. The molecule has 24 heavy (non-hydrogen) atoms. The Hall–Kier alpha value is -1.98. The fourth-order valence-electron chi connectivity index (χ4n) is 2.82. The van der Waals surface area contributed by atoms with Crippen LogP contribution in [-0.2, 0) is 11.2 Å². The zero-order chi connectivity index (χ0) is 16.2. The van der Waals surface area contributed by atoms with Crippen LogP contribution in [0.2, 0.25) is 0 Å². The van der Waals surface area contributed by atoms with Gasteiger partial charge >= 0.3 is 0 Å². The standard InChI is InChI=1S/C19H23N3O2/c1-2-15(1)13-24-17-10-21-19(22-11-17)9-14-3-5-16(6-4-14)18-12-20-7-8-23-18/h3-6,10-11,15,18,20H,1-2,7-9,12-13H2/t18-/m0/s1. The van der Waals surface area contributed by atoms with Crippen molar-refractivity contribution in [2.45, 2.75) is 25.4 Å². The fraction of sp³-hybridized carbons (Fsp3) is 0.474. The van der Waals surface area contributed by atoms with Crippen LogP contribution >= 0.6 is 0 Å². The molecule has 1 saturated carbocycles. The van der Waals surface area contributed by atoms with E-state index in [0.29, 0.717) is 0 Å². The molecule has 0 radical (unpaired) electrons. The summed E-state index contributed by atoms with van der Waals surface area (Å²) in [5.74, 6) is 2.33. The first-order chi connectivity index (χ1) is 11.9. The largest absolute Gasteiger partial charge is 0.490 e. The molecule has 5 nitrogen and oxygen atoms in total. The first-order valence-corrected chi connectivity index (χ1v) is 8.72. The molecular weight excluding hydrogens is 302 g/mol. The summed E-state index contributed by atoms with van der Waals surface area (Å²) in [6.45, 7) is 3.38. The molecule has 0 spiro atoms. The van der Waals surface area contributed by atoms with Gasteiger partial charge in [-0.2, -0.15) is 0 Å². The van der Waals surface area contributed by atoms with E-state index < -0.39 is 0 Å². The summed E-state index contributed by atoms with van der Waals surface area (Å²) in [6.07, 6.45) is 7.02. The number of morpholine rings is 1. The van der Waals surface area contributed by atoms with Crippen LogP contribution in [0, 0.1) is 5.92 Å². The second-order valence-corrected chi connectivity index (χ2v) is 6.57. The third kappa shape index (κ3) is 4.10. The van der Waals surface area contributed by atoms with Crippen molar-refractivity contribution in [1.29, 1.82) is 0 Å². The van der Waals surface area contributed by atoms with Gasteiger partial charge in [-0.3, -0.25) is 0 Å². The highest BCUT2D eigenvalue weighted by Crippen LogP contribution is 2.29. The normalized spacial score (nSPS) is 20.8. The minimum atomic E-state index is 0.159. The van der Waals surface area contributed by atoms with E-state index in [-0.39, 0.29) is 6.10 Å². The van der Waals surface area contributed by atoms with Gasteiger partial charge in [-0.05, 0) is 29.9 Å². The Labute approximate surface area is 142 Å². The summed E-state index contributed by atoms with van der Waals surface area (Å²) in [6, 6.07) is 8.54. The number of aromatic nitrogens is 2. The van der Waals surface area contributed by atoms with Gasteiger partial charge in [0.05, 0.1) is 31.7 Å². The highest BCUT2D eigenvalue weighted by Gasteiger charge is 2.22. The van der Waals surface area contributed by atoms with Gasteiger partial charge in [0, 0.05) is 19.5 Å². The van der Waals surface area contributed by atoms with Crippen LogP contribution in [-0.4, -0.2) is 36.3 Å². The average molecular weight is 325 g/mol. The Balaban J connectivity index is 1.34. The van der Waals surface area contributed by atoms with Crippen LogP contribution in [0.15, 0.2) is 36.7 Å². The van der Waals surface area contributed by atoms with Gasteiger partial charge in [-0.1, -0.05) is 24.3 Å². The number of nitrogens with one attached hydrogen (secondary N) is 1.